The molecule has 1 amide bonds. The van der Waals surface area contributed by atoms with Crippen LogP contribution in [0.25, 0.3) is 0 Å². The van der Waals surface area contributed by atoms with Crippen LogP contribution in [-0.2, 0) is 4.79 Å². The standard InChI is InChI=1S/C7H13N3O/c1-6(8-3)10(4)7(2)9-5-11/h5,8H,1-2H2,3-4H3,(H,9,11). The van der Waals surface area contributed by atoms with Crippen molar-refractivity contribution in [3.63, 3.8) is 0 Å². The molecule has 0 aromatic heterocycles. The van der Waals surface area contributed by atoms with E-state index in [9.17, 15) is 4.79 Å². The number of hydrogen-bond donors (Lipinski definition) is 2. The quantitative estimate of drug-likeness (QED) is 0.542. The van der Waals surface area contributed by atoms with E-state index in [4.69, 9.17) is 0 Å². The second-order valence-electron chi connectivity index (χ2n) is 1.96. The topological polar surface area (TPSA) is 44.4 Å². The molecule has 0 radical (unpaired) electrons. The summed E-state index contributed by atoms with van der Waals surface area (Å²) in [4.78, 5) is 11.6. The van der Waals surface area contributed by atoms with Gasteiger partial charge in [0.2, 0.25) is 6.41 Å². The first-order valence-electron chi connectivity index (χ1n) is 3.13. The summed E-state index contributed by atoms with van der Waals surface area (Å²) < 4.78 is 0. The van der Waals surface area contributed by atoms with E-state index in [1.165, 1.54) is 0 Å². The number of carbonyl (C=O) groups excluding carboxylic acids is 1. The smallest absolute Gasteiger partial charge is 0.212 e. The maximum absolute atomic E-state index is 9.98. The van der Waals surface area contributed by atoms with Crippen molar-refractivity contribution in [2.75, 3.05) is 14.1 Å². The lowest BCUT2D eigenvalue weighted by molar-refractivity contribution is -0.109. The van der Waals surface area contributed by atoms with Gasteiger partial charge in [0.15, 0.2) is 0 Å². The Hall–Kier alpha value is -1.45. The first-order chi connectivity index (χ1) is 5.13. The second-order valence-corrected chi connectivity index (χ2v) is 1.96. The van der Waals surface area contributed by atoms with Crippen molar-refractivity contribution in [1.82, 2.24) is 15.5 Å². The van der Waals surface area contributed by atoms with Crippen molar-refractivity contribution in [3.05, 3.63) is 24.8 Å². The Morgan fingerprint density at radius 2 is 2.00 bits per heavy atom. The summed E-state index contributed by atoms with van der Waals surface area (Å²) in [5.74, 6) is 1.16. The van der Waals surface area contributed by atoms with E-state index in [0.717, 1.165) is 0 Å². The molecule has 0 aliphatic carbocycles. The molecule has 11 heavy (non-hydrogen) atoms. The van der Waals surface area contributed by atoms with Crippen molar-refractivity contribution < 1.29 is 4.79 Å². The van der Waals surface area contributed by atoms with E-state index in [-0.39, 0.29) is 0 Å². The fourth-order valence-corrected chi connectivity index (χ4v) is 0.495. The molecule has 0 atom stereocenters. The average Bonchev–Trinajstić information content (AvgIpc) is 2.02. The molecule has 0 saturated carbocycles. The van der Waals surface area contributed by atoms with Crippen molar-refractivity contribution >= 4 is 6.41 Å². The van der Waals surface area contributed by atoms with E-state index in [2.05, 4.69) is 23.8 Å². The minimum Gasteiger partial charge on any atom is -0.375 e. The zero-order valence-electron chi connectivity index (χ0n) is 6.85. The lowest BCUT2D eigenvalue weighted by Gasteiger charge is -2.21. The highest BCUT2D eigenvalue weighted by Gasteiger charge is 2.01. The summed E-state index contributed by atoms with van der Waals surface area (Å²) in [6.07, 6.45) is 0.571. The van der Waals surface area contributed by atoms with Crippen LogP contribution in [0.5, 0.6) is 0 Å². The molecule has 0 bridgehead atoms. The molecule has 2 N–H and O–H groups in total. The van der Waals surface area contributed by atoms with Crippen LogP contribution in [0.4, 0.5) is 0 Å². The van der Waals surface area contributed by atoms with E-state index < -0.39 is 0 Å². The zero-order chi connectivity index (χ0) is 8.85. The van der Waals surface area contributed by atoms with Gasteiger partial charge >= 0.3 is 0 Å². The van der Waals surface area contributed by atoms with Crippen molar-refractivity contribution in [2.24, 2.45) is 0 Å². The van der Waals surface area contributed by atoms with Gasteiger partial charge in [-0.25, -0.2) is 0 Å². The summed E-state index contributed by atoms with van der Waals surface area (Å²) in [7, 11) is 3.49. The van der Waals surface area contributed by atoms with Gasteiger partial charge in [-0.15, -0.1) is 0 Å². The minimum atomic E-state index is 0.486. The number of rotatable bonds is 5. The van der Waals surface area contributed by atoms with Crippen LogP contribution in [0.15, 0.2) is 24.8 Å². The number of hydrogen-bond acceptors (Lipinski definition) is 3. The largest absolute Gasteiger partial charge is 0.375 e. The predicted octanol–water partition coefficient (Wildman–Crippen LogP) is -0.174. The highest BCUT2D eigenvalue weighted by atomic mass is 16.1. The SMILES string of the molecule is C=C(NC)N(C)C(=C)NC=O. The molecule has 0 aromatic rings. The first kappa shape index (κ1) is 9.55. The highest BCUT2D eigenvalue weighted by Crippen LogP contribution is 1.98. The monoisotopic (exact) mass is 155 g/mol. The van der Waals surface area contributed by atoms with Gasteiger partial charge in [0.25, 0.3) is 0 Å². The molecule has 0 unspecified atom stereocenters. The van der Waals surface area contributed by atoms with Crippen LogP contribution in [0.2, 0.25) is 0 Å². The van der Waals surface area contributed by atoms with E-state index in [1.54, 1.807) is 19.0 Å². The highest BCUT2D eigenvalue weighted by molar-refractivity contribution is 5.49. The molecular weight excluding hydrogens is 142 g/mol. The lowest BCUT2D eigenvalue weighted by atomic mass is 10.6. The fourth-order valence-electron chi connectivity index (χ4n) is 0.495. The van der Waals surface area contributed by atoms with Gasteiger partial charge in [-0.05, 0) is 0 Å². The van der Waals surface area contributed by atoms with Gasteiger partial charge in [0.05, 0.1) is 5.82 Å². The van der Waals surface area contributed by atoms with Gasteiger partial charge in [-0.1, -0.05) is 13.2 Å². The van der Waals surface area contributed by atoms with Gasteiger partial charge < -0.3 is 15.5 Å². The molecule has 0 aliphatic heterocycles. The molecule has 0 rings (SSSR count). The predicted molar refractivity (Wildman–Crippen MR) is 44.3 cm³/mol. The number of carbonyl (C=O) groups is 1. The molecule has 0 spiro atoms. The average molecular weight is 155 g/mol. The first-order valence-corrected chi connectivity index (χ1v) is 3.13. The van der Waals surface area contributed by atoms with Gasteiger partial charge in [0.1, 0.15) is 5.82 Å². The van der Waals surface area contributed by atoms with Gasteiger partial charge in [-0.2, -0.15) is 0 Å². The Kier molecular flexibility index (Phi) is 3.80. The number of nitrogens with zero attached hydrogens (tertiary/aromatic N) is 1. The molecule has 4 heteroatoms. The van der Waals surface area contributed by atoms with Crippen molar-refractivity contribution in [3.8, 4) is 0 Å². The van der Waals surface area contributed by atoms with Crippen LogP contribution in [0.1, 0.15) is 0 Å². The molecule has 62 valence electrons. The Morgan fingerprint density at radius 1 is 1.45 bits per heavy atom. The third kappa shape index (κ3) is 2.75. The van der Waals surface area contributed by atoms with Crippen LogP contribution >= 0.6 is 0 Å². The maximum atomic E-state index is 9.98. The fraction of sp³-hybridized carbons (Fsp3) is 0.286. The second kappa shape index (κ2) is 4.38. The lowest BCUT2D eigenvalue weighted by Crippen LogP contribution is -2.30. The van der Waals surface area contributed by atoms with Crippen molar-refractivity contribution in [1.29, 1.82) is 0 Å². The third-order valence-electron chi connectivity index (χ3n) is 1.32. The van der Waals surface area contributed by atoms with Gasteiger partial charge in [-0.3, -0.25) is 4.79 Å². The summed E-state index contributed by atoms with van der Waals surface area (Å²) in [5.41, 5.74) is 0. The van der Waals surface area contributed by atoms with Crippen molar-refractivity contribution in [2.45, 2.75) is 0 Å². The van der Waals surface area contributed by atoms with Crippen LogP contribution < -0.4 is 10.6 Å². The Balaban J connectivity index is 4.01. The number of amides is 1. The summed E-state index contributed by atoms with van der Waals surface area (Å²) in [6, 6.07) is 0. The molecule has 0 heterocycles. The molecule has 0 aliphatic rings. The third-order valence-corrected chi connectivity index (χ3v) is 1.32. The van der Waals surface area contributed by atoms with E-state index in [0.29, 0.717) is 18.1 Å². The molecule has 0 fully saturated rings. The molecule has 4 nitrogen and oxygen atoms in total. The Morgan fingerprint density at radius 3 is 2.36 bits per heavy atom. The van der Waals surface area contributed by atoms with Crippen LogP contribution in [-0.4, -0.2) is 25.4 Å². The molecule has 0 saturated heterocycles. The molecular formula is C7H13N3O. The molecule has 0 aromatic carbocycles. The summed E-state index contributed by atoms with van der Waals surface area (Å²) >= 11 is 0. The Labute approximate surface area is 66.6 Å². The van der Waals surface area contributed by atoms with Gasteiger partial charge in [0, 0.05) is 14.1 Å². The minimum absolute atomic E-state index is 0.486. The summed E-state index contributed by atoms with van der Waals surface area (Å²) in [6.45, 7) is 7.27. The Bertz CT molecular complexity index is 177. The maximum Gasteiger partial charge on any atom is 0.212 e. The van der Waals surface area contributed by atoms with Crippen LogP contribution in [0.3, 0.4) is 0 Å². The van der Waals surface area contributed by atoms with E-state index >= 15 is 0 Å². The van der Waals surface area contributed by atoms with E-state index in [1.807, 2.05) is 0 Å². The number of nitrogens with one attached hydrogen (secondary N) is 2. The normalized spacial score (nSPS) is 8.18. The zero-order valence-corrected chi connectivity index (χ0v) is 6.85. The van der Waals surface area contributed by atoms with Crippen LogP contribution in [0, 0.1) is 0 Å². The summed E-state index contributed by atoms with van der Waals surface area (Å²) in [5, 5.41) is 5.23.